The van der Waals surface area contributed by atoms with E-state index in [0.29, 0.717) is 17.4 Å². The molecule has 0 saturated heterocycles. The van der Waals surface area contributed by atoms with Crippen LogP contribution in [0.2, 0.25) is 0 Å². The van der Waals surface area contributed by atoms with Gasteiger partial charge in [-0.3, -0.25) is 18.6 Å². The third-order valence-corrected chi connectivity index (χ3v) is 15.9. The maximum atomic E-state index is 12.8. The summed E-state index contributed by atoms with van der Waals surface area (Å²) < 4.78 is 34.7. The summed E-state index contributed by atoms with van der Waals surface area (Å²) >= 11 is 0. The zero-order valence-electron chi connectivity index (χ0n) is 49.7. The molecule has 10 heteroatoms. The van der Waals surface area contributed by atoms with E-state index < -0.39 is 26.5 Å². The second kappa shape index (κ2) is 55.8. The lowest BCUT2D eigenvalue weighted by molar-refractivity contribution is -0.870. The fourth-order valence-electron chi connectivity index (χ4n) is 9.90. The first-order chi connectivity index (χ1) is 35.5. The lowest BCUT2D eigenvalue weighted by Gasteiger charge is -2.24. The summed E-state index contributed by atoms with van der Waals surface area (Å²) in [6.07, 6.45) is 64.8. The first kappa shape index (κ1) is 72.0. The SMILES string of the molecule is CCCCCCCCCCCCCCCCCCCCCCCCCCCCCCC(=O)OC(COC(=O)CCCCCCCCCCCCCCCCCCCCCCC)COP(=O)(O)OCC[N+](C)(C)C. The topological polar surface area (TPSA) is 108 Å². The summed E-state index contributed by atoms with van der Waals surface area (Å²) in [6.45, 7) is 4.52. The molecule has 0 aromatic heterocycles. The minimum Gasteiger partial charge on any atom is -0.462 e. The van der Waals surface area contributed by atoms with Crippen molar-refractivity contribution in [1.29, 1.82) is 0 Å². The molecule has 1 N–H and O–H groups in total. The lowest BCUT2D eigenvalue weighted by atomic mass is 10.0. The largest absolute Gasteiger partial charge is 0.472 e. The van der Waals surface area contributed by atoms with Gasteiger partial charge in [0.2, 0.25) is 0 Å². The second-order valence-corrected chi connectivity index (χ2v) is 25.0. The summed E-state index contributed by atoms with van der Waals surface area (Å²) in [5, 5.41) is 0. The van der Waals surface area contributed by atoms with Gasteiger partial charge in [-0.2, -0.15) is 0 Å². The molecular formula is C63H127NO8P+. The summed E-state index contributed by atoms with van der Waals surface area (Å²) in [5.74, 6) is -0.770. The summed E-state index contributed by atoms with van der Waals surface area (Å²) in [5.41, 5.74) is 0. The van der Waals surface area contributed by atoms with Crippen LogP contribution in [0, 0.1) is 0 Å². The first-order valence-electron chi connectivity index (χ1n) is 32.3. The molecule has 0 heterocycles. The Balaban J connectivity index is 4.02. The molecule has 0 aliphatic rings. The van der Waals surface area contributed by atoms with Gasteiger partial charge in [0.15, 0.2) is 6.10 Å². The van der Waals surface area contributed by atoms with E-state index in [2.05, 4.69) is 13.8 Å². The zero-order valence-corrected chi connectivity index (χ0v) is 50.6. The molecule has 0 aliphatic carbocycles. The Labute approximate surface area is 454 Å². The number of quaternary nitrogens is 1. The highest BCUT2D eigenvalue weighted by molar-refractivity contribution is 7.47. The number of carbonyl (C=O) groups is 2. The number of hydrogen-bond acceptors (Lipinski definition) is 7. The molecule has 73 heavy (non-hydrogen) atoms. The Kier molecular flexibility index (Phi) is 55.0. The molecule has 2 atom stereocenters. The number of likely N-dealkylation sites (N-methyl/N-ethyl adjacent to an activating group) is 1. The monoisotopic (exact) mass is 1060 g/mol. The van der Waals surface area contributed by atoms with E-state index in [-0.39, 0.29) is 25.6 Å². The molecule has 436 valence electrons. The van der Waals surface area contributed by atoms with E-state index in [4.69, 9.17) is 18.5 Å². The Morgan fingerprint density at radius 1 is 0.370 bits per heavy atom. The molecule has 0 radical (unpaired) electrons. The van der Waals surface area contributed by atoms with Crippen molar-refractivity contribution in [3.05, 3.63) is 0 Å². The number of nitrogens with zero attached hydrogens (tertiary/aromatic N) is 1. The maximum Gasteiger partial charge on any atom is 0.472 e. The Morgan fingerprint density at radius 3 is 0.877 bits per heavy atom. The Hall–Kier alpha value is -0.990. The average Bonchev–Trinajstić information content (AvgIpc) is 3.35. The third-order valence-electron chi connectivity index (χ3n) is 14.9. The van der Waals surface area contributed by atoms with Gasteiger partial charge in [-0.15, -0.1) is 0 Å². The fourth-order valence-corrected chi connectivity index (χ4v) is 10.6. The van der Waals surface area contributed by atoms with Crippen LogP contribution in [0.25, 0.3) is 0 Å². The van der Waals surface area contributed by atoms with Crippen molar-refractivity contribution in [1.82, 2.24) is 0 Å². The molecule has 9 nitrogen and oxygen atoms in total. The van der Waals surface area contributed by atoms with E-state index in [1.165, 1.54) is 276 Å². The summed E-state index contributed by atoms with van der Waals surface area (Å²) in [6, 6.07) is 0. The number of ether oxygens (including phenoxy) is 2. The highest BCUT2D eigenvalue weighted by atomic mass is 31.2. The molecular weight excluding hydrogens is 930 g/mol. The minimum atomic E-state index is -4.38. The quantitative estimate of drug-likeness (QED) is 0.0278. The van der Waals surface area contributed by atoms with E-state index >= 15 is 0 Å². The lowest BCUT2D eigenvalue weighted by Crippen LogP contribution is -2.37. The van der Waals surface area contributed by atoms with Crippen molar-refractivity contribution in [3.8, 4) is 0 Å². The molecule has 0 bridgehead atoms. The van der Waals surface area contributed by atoms with Crippen LogP contribution in [0.15, 0.2) is 0 Å². The van der Waals surface area contributed by atoms with Crippen molar-refractivity contribution in [2.75, 3.05) is 47.5 Å². The predicted molar refractivity (Wildman–Crippen MR) is 312 cm³/mol. The zero-order chi connectivity index (χ0) is 53.5. The van der Waals surface area contributed by atoms with Gasteiger partial charge in [-0.1, -0.05) is 316 Å². The summed E-state index contributed by atoms with van der Waals surface area (Å²) in [7, 11) is 1.50. The van der Waals surface area contributed by atoms with Crippen LogP contribution in [0.1, 0.15) is 341 Å². The number of phosphoric acid groups is 1. The number of hydrogen-bond donors (Lipinski definition) is 1. The highest BCUT2D eigenvalue weighted by Gasteiger charge is 2.27. The van der Waals surface area contributed by atoms with Crippen LogP contribution >= 0.6 is 7.82 Å². The Morgan fingerprint density at radius 2 is 0.616 bits per heavy atom. The van der Waals surface area contributed by atoms with Gasteiger partial charge >= 0.3 is 19.8 Å². The fraction of sp³-hybridized carbons (Fsp3) is 0.968. The number of unbranched alkanes of at least 4 members (excludes halogenated alkanes) is 47. The van der Waals surface area contributed by atoms with Crippen LogP contribution in [0.5, 0.6) is 0 Å². The number of phosphoric ester groups is 1. The van der Waals surface area contributed by atoms with Crippen LogP contribution in [-0.2, 0) is 32.7 Å². The van der Waals surface area contributed by atoms with Gasteiger partial charge in [-0.05, 0) is 12.8 Å². The van der Waals surface area contributed by atoms with Crippen LogP contribution in [-0.4, -0.2) is 74.9 Å². The molecule has 0 aliphatic heterocycles. The van der Waals surface area contributed by atoms with Gasteiger partial charge in [0.25, 0.3) is 0 Å². The van der Waals surface area contributed by atoms with Gasteiger partial charge in [0.1, 0.15) is 19.8 Å². The highest BCUT2D eigenvalue weighted by Crippen LogP contribution is 2.43. The molecule has 0 fully saturated rings. The first-order valence-corrected chi connectivity index (χ1v) is 33.8. The maximum absolute atomic E-state index is 12.8. The molecule has 2 unspecified atom stereocenters. The average molecular weight is 1060 g/mol. The Bertz CT molecular complexity index is 1200. The normalized spacial score (nSPS) is 13.1. The molecule has 0 spiro atoms. The van der Waals surface area contributed by atoms with Gasteiger partial charge in [-0.25, -0.2) is 4.57 Å². The van der Waals surface area contributed by atoms with E-state index in [1.54, 1.807) is 0 Å². The van der Waals surface area contributed by atoms with Crippen molar-refractivity contribution in [2.45, 2.75) is 347 Å². The summed E-state index contributed by atoms with van der Waals surface area (Å²) in [4.78, 5) is 35.8. The van der Waals surface area contributed by atoms with E-state index in [1.807, 2.05) is 21.1 Å². The van der Waals surface area contributed by atoms with Gasteiger partial charge < -0.3 is 18.9 Å². The molecule has 0 saturated carbocycles. The molecule has 0 rings (SSSR count). The predicted octanol–water partition coefficient (Wildman–Crippen LogP) is 20.2. The number of carbonyl (C=O) groups excluding carboxylic acids is 2. The molecule has 0 amide bonds. The van der Waals surface area contributed by atoms with Crippen LogP contribution < -0.4 is 0 Å². The standard InChI is InChI=1S/C63H126NO8P/c1-6-8-10-12-14-16-18-20-22-24-26-28-29-30-31-32-33-34-36-38-40-42-44-46-48-50-52-54-56-63(66)72-61(60-71-73(67,68)70-58-57-64(3,4)5)59-69-62(65)55-53-51-49-47-45-43-41-39-37-35-27-25-23-21-19-17-15-13-11-9-7-2/h61H,6-60H2,1-5H3/p+1. The van der Waals surface area contributed by atoms with Gasteiger partial charge in [0.05, 0.1) is 27.7 Å². The smallest absolute Gasteiger partial charge is 0.462 e. The van der Waals surface area contributed by atoms with Crippen molar-refractivity contribution in [2.24, 2.45) is 0 Å². The van der Waals surface area contributed by atoms with Crippen LogP contribution in [0.4, 0.5) is 0 Å². The number of rotatable bonds is 61. The minimum absolute atomic E-state index is 0.0376. The molecule has 0 aromatic rings. The van der Waals surface area contributed by atoms with E-state index in [9.17, 15) is 19.0 Å². The molecule has 0 aromatic carbocycles. The van der Waals surface area contributed by atoms with Gasteiger partial charge in [0, 0.05) is 12.8 Å². The van der Waals surface area contributed by atoms with Crippen LogP contribution in [0.3, 0.4) is 0 Å². The number of esters is 2. The second-order valence-electron chi connectivity index (χ2n) is 23.5. The van der Waals surface area contributed by atoms with Crippen molar-refractivity contribution in [3.63, 3.8) is 0 Å². The third kappa shape index (κ3) is 60.1. The van der Waals surface area contributed by atoms with E-state index in [0.717, 1.165) is 38.5 Å². The van der Waals surface area contributed by atoms with Crippen molar-refractivity contribution < 1.29 is 42.1 Å². The van der Waals surface area contributed by atoms with Crippen molar-refractivity contribution >= 4 is 19.8 Å².